The number of ether oxygens (including phenoxy) is 2. The summed E-state index contributed by atoms with van der Waals surface area (Å²) in [6.45, 7) is 5.41. The summed E-state index contributed by atoms with van der Waals surface area (Å²) in [4.78, 5) is 0. The quantitative estimate of drug-likeness (QED) is 0.701. The summed E-state index contributed by atoms with van der Waals surface area (Å²) in [6, 6.07) is 8.51. The van der Waals surface area contributed by atoms with Crippen molar-refractivity contribution in [1.29, 1.82) is 0 Å². The van der Waals surface area contributed by atoms with Gasteiger partial charge in [0.2, 0.25) is 0 Å². The Bertz CT molecular complexity index is 367. The molecule has 0 aliphatic heterocycles. The van der Waals surface area contributed by atoms with Gasteiger partial charge in [-0.3, -0.25) is 0 Å². The molecule has 1 aliphatic carbocycles. The topological polar surface area (TPSA) is 18.5 Å². The fraction of sp³-hybridized carbons (Fsp3) is 0.647. The van der Waals surface area contributed by atoms with Crippen LogP contribution < -0.4 is 4.74 Å². The third-order valence-electron chi connectivity index (χ3n) is 3.76. The smallest absolute Gasteiger partial charge is 0.122 e. The molecule has 0 aromatic heterocycles. The lowest BCUT2D eigenvalue weighted by Crippen LogP contribution is -2.13. The molecule has 106 valence electrons. The highest BCUT2D eigenvalue weighted by Crippen LogP contribution is 2.37. The van der Waals surface area contributed by atoms with Crippen LogP contribution in [0.5, 0.6) is 5.75 Å². The number of hydrogen-bond donors (Lipinski definition) is 0. The van der Waals surface area contributed by atoms with Gasteiger partial charge in [0.1, 0.15) is 12.4 Å². The summed E-state index contributed by atoms with van der Waals surface area (Å²) in [6.07, 6.45) is 7.00. The predicted octanol–water partition coefficient (Wildman–Crippen LogP) is 4.54. The van der Waals surface area contributed by atoms with Crippen molar-refractivity contribution >= 4 is 0 Å². The van der Waals surface area contributed by atoms with Gasteiger partial charge in [0.25, 0.3) is 0 Å². The van der Waals surface area contributed by atoms with Crippen LogP contribution in [0.4, 0.5) is 0 Å². The van der Waals surface area contributed by atoms with Crippen molar-refractivity contribution < 1.29 is 9.47 Å². The Labute approximate surface area is 117 Å². The number of hydrogen-bond acceptors (Lipinski definition) is 2. The zero-order valence-corrected chi connectivity index (χ0v) is 12.2. The first kappa shape index (κ1) is 14.4. The van der Waals surface area contributed by atoms with Gasteiger partial charge in [-0.15, -0.1) is 0 Å². The van der Waals surface area contributed by atoms with Crippen molar-refractivity contribution in [3.63, 3.8) is 0 Å². The van der Waals surface area contributed by atoms with Gasteiger partial charge in [0, 0.05) is 0 Å². The summed E-state index contributed by atoms with van der Waals surface area (Å²) in [5, 5.41) is 0. The molecule has 0 radical (unpaired) electrons. The molecular weight excluding hydrogens is 236 g/mol. The van der Waals surface area contributed by atoms with Crippen LogP contribution in [0.25, 0.3) is 0 Å². The summed E-state index contributed by atoms with van der Waals surface area (Å²) in [7, 11) is 0. The molecule has 1 aromatic rings. The Balaban J connectivity index is 1.92. The van der Waals surface area contributed by atoms with Crippen LogP contribution in [0, 0.1) is 0 Å². The molecule has 0 unspecified atom stereocenters. The third-order valence-corrected chi connectivity index (χ3v) is 3.76. The van der Waals surface area contributed by atoms with E-state index in [0.717, 1.165) is 5.75 Å². The fourth-order valence-corrected chi connectivity index (χ4v) is 2.80. The molecule has 0 spiro atoms. The monoisotopic (exact) mass is 262 g/mol. The van der Waals surface area contributed by atoms with Crippen LogP contribution in [-0.2, 0) is 4.74 Å². The molecule has 2 rings (SSSR count). The van der Waals surface area contributed by atoms with Crippen LogP contribution >= 0.6 is 0 Å². The molecule has 2 heteroatoms. The Morgan fingerprint density at radius 3 is 2.53 bits per heavy atom. The van der Waals surface area contributed by atoms with Crippen LogP contribution in [0.1, 0.15) is 57.4 Å². The molecule has 0 N–H and O–H groups in total. The van der Waals surface area contributed by atoms with Crippen molar-refractivity contribution in [3.8, 4) is 5.75 Å². The van der Waals surface area contributed by atoms with Crippen molar-refractivity contribution in [3.05, 3.63) is 29.8 Å². The molecule has 0 heterocycles. The van der Waals surface area contributed by atoms with Crippen molar-refractivity contribution in [2.45, 2.75) is 58.0 Å². The first-order valence-electron chi connectivity index (χ1n) is 7.60. The molecule has 19 heavy (non-hydrogen) atoms. The van der Waals surface area contributed by atoms with E-state index in [4.69, 9.17) is 9.47 Å². The van der Waals surface area contributed by atoms with Crippen LogP contribution in [0.3, 0.4) is 0 Å². The van der Waals surface area contributed by atoms with Crippen LogP contribution in [0.15, 0.2) is 24.3 Å². The molecule has 2 nitrogen and oxygen atoms in total. The average molecular weight is 262 g/mol. The molecule has 1 aromatic carbocycles. The van der Waals surface area contributed by atoms with E-state index in [1.807, 2.05) is 0 Å². The van der Waals surface area contributed by atoms with Gasteiger partial charge in [-0.1, -0.05) is 37.5 Å². The maximum absolute atomic E-state index is 5.92. The van der Waals surface area contributed by atoms with E-state index in [2.05, 4.69) is 38.1 Å². The summed E-state index contributed by atoms with van der Waals surface area (Å²) < 4.78 is 11.4. The molecule has 1 saturated carbocycles. The lowest BCUT2D eigenvalue weighted by atomic mass is 9.84. The van der Waals surface area contributed by atoms with Gasteiger partial charge < -0.3 is 9.47 Å². The largest absolute Gasteiger partial charge is 0.491 e. The molecule has 1 aliphatic rings. The minimum atomic E-state index is 0.275. The second-order valence-corrected chi connectivity index (χ2v) is 5.64. The van der Waals surface area contributed by atoms with Gasteiger partial charge in [0.15, 0.2) is 0 Å². The fourth-order valence-electron chi connectivity index (χ4n) is 2.80. The SMILES string of the molecule is CC(C)OCCOc1ccccc1C1CCCCC1. The lowest BCUT2D eigenvalue weighted by molar-refractivity contribution is 0.0549. The van der Waals surface area contributed by atoms with E-state index < -0.39 is 0 Å². The van der Waals surface area contributed by atoms with E-state index in [1.54, 1.807) is 0 Å². The third kappa shape index (κ3) is 4.54. The van der Waals surface area contributed by atoms with Gasteiger partial charge in [-0.05, 0) is 44.2 Å². The van der Waals surface area contributed by atoms with Crippen molar-refractivity contribution in [2.75, 3.05) is 13.2 Å². The first-order chi connectivity index (χ1) is 9.27. The van der Waals surface area contributed by atoms with Crippen LogP contribution in [-0.4, -0.2) is 19.3 Å². The molecule has 1 fully saturated rings. The van der Waals surface area contributed by atoms with Crippen molar-refractivity contribution in [2.24, 2.45) is 0 Å². The molecule has 0 amide bonds. The Hall–Kier alpha value is -1.02. The summed E-state index contributed by atoms with van der Waals surface area (Å²) in [5.74, 6) is 1.75. The molecule has 0 atom stereocenters. The Morgan fingerprint density at radius 2 is 1.79 bits per heavy atom. The second kappa shape index (κ2) is 7.54. The summed E-state index contributed by atoms with van der Waals surface area (Å²) in [5.41, 5.74) is 1.40. The van der Waals surface area contributed by atoms with Crippen molar-refractivity contribution in [1.82, 2.24) is 0 Å². The first-order valence-corrected chi connectivity index (χ1v) is 7.60. The highest BCUT2D eigenvalue weighted by Gasteiger charge is 2.18. The Kier molecular flexibility index (Phi) is 5.71. The summed E-state index contributed by atoms with van der Waals surface area (Å²) >= 11 is 0. The standard InChI is InChI=1S/C17H26O2/c1-14(2)18-12-13-19-17-11-7-6-10-16(17)15-8-4-3-5-9-15/h6-7,10-11,14-15H,3-5,8-9,12-13H2,1-2H3. The van der Waals surface area contributed by atoms with Crippen LogP contribution in [0.2, 0.25) is 0 Å². The molecular formula is C17H26O2. The lowest BCUT2D eigenvalue weighted by Gasteiger charge is -2.24. The minimum absolute atomic E-state index is 0.275. The molecule has 0 bridgehead atoms. The van der Waals surface area contributed by atoms with E-state index >= 15 is 0 Å². The van der Waals surface area contributed by atoms with Gasteiger partial charge in [-0.25, -0.2) is 0 Å². The second-order valence-electron chi connectivity index (χ2n) is 5.64. The number of benzene rings is 1. The number of para-hydroxylation sites is 1. The van der Waals surface area contributed by atoms with E-state index in [9.17, 15) is 0 Å². The predicted molar refractivity (Wildman–Crippen MR) is 78.9 cm³/mol. The van der Waals surface area contributed by atoms with E-state index in [1.165, 1.54) is 37.7 Å². The maximum Gasteiger partial charge on any atom is 0.122 e. The zero-order chi connectivity index (χ0) is 13.5. The average Bonchev–Trinajstić information content (AvgIpc) is 2.45. The highest BCUT2D eigenvalue weighted by molar-refractivity contribution is 5.36. The van der Waals surface area contributed by atoms with E-state index in [0.29, 0.717) is 19.1 Å². The van der Waals surface area contributed by atoms with Gasteiger partial charge >= 0.3 is 0 Å². The van der Waals surface area contributed by atoms with Gasteiger partial charge in [0.05, 0.1) is 12.7 Å². The van der Waals surface area contributed by atoms with E-state index in [-0.39, 0.29) is 6.10 Å². The zero-order valence-electron chi connectivity index (χ0n) is 12.2. The Morgan fingerprint density at radius 1 is 1.05 bits per heavy atom. The highest BCUT2D eigenvalue weighted by atomic mass is 16.5. The minimum Gasteiger partial charge on any atom is -0.491 e. The normalized spacial score (nSPS) is 16.8. The number of rotatable bonds is 6. The maximum atomic E-state index is 5.92. The molecule has 0 saturated heterocycles. The van der Waals surface area contributed by atoms with Gasteiger partial charge in [-0.2, -0.15) is 0 Å².